The van der Waals surface area contributed by atoms with Gasteiger partial charge in [-0.05, 0) is 43.3 Å². The molecule has 0 saturated heterocycles. The Morgan fingerprint density at radius 2 is 1.72 bits per heavy atom. The lowest BCUT2D eigenvalue weighted by molar-refractivity contribution is -0.154. The zero-order valence-electron chi connectivity index (χ0n) is 15.3. The van der Waals surface area contributed by atoms with Crippen LogP contribution in [0, 0.1) is 0 Å². The van der Waals surface area contributed by atoms with Gasteiger partial charge in [0.2, 0.25) is 11.2 Å². The van der Waals surface area contributed by atoms with Crippen LogP contribution in [0.2, 0.25) is 0 Å². The number of rotatable bonds is 5. The number of esters is 1. The van der Waals surface area contributed by atoms with Crippen LogP contribution in [0.15, 0.2) is 51.7 Å². The first-order valence-corrected chi connectivity index (χ1v) is 8.41. The van der Waals surface area contributed by atoms with Crippen LogP contribution in [0.25, 0.3) is 11.0 Å². The van der Waals surface area contributed by atoms with Crippen molar-refractivity contribution < 1.29 is 36.6 Å². The summed E-state index contributed by atoms with van der Waals surface area (Å²) in [6, 6.07) is 9.05. The van der Waals surface area contributed by atoms with Gasteiger partial charge in [0, 0.05) is 6.07 Å². The quantitative estimate of drug-likeness (QED) is 0.565. The molecule has 0 spiro atoms. The van der Waals surface area contributed by atoms with Gasteiger partial charge in [0.25, 0.3) is 5.76 Å². The van der Waals surface area contributed by atoms with E-state index >= 15 is 0 Å². The van der Waals surface area contributed by atoms with Crippen molar-refractivity contribution in [2.75, 3.05) is 13.7 Å². The highest BCUT2D eigenvalue weighted by Crippen LogP contribution is 2.38. The number of hydrogen-bond acceptors (Lipinski definition) is 6. The molecule has 0 unspecified atom stereocenters. The molecular formula is C20H15F3O6. The standard InChI is InChI=1S/C20H15F3O6/c1-3-27-13-8-9-14-15(10-13)29-18(20(21,22)23)17(16(14)24)28-12-6-4-11(5-7-12)19(25)26-2/h4-10H,3H2,1-2H3. The number of carbonyl (C=O) groups excluding carboxylic acids is 1. The van der Waals surface area contributed by atoms with E-state index in [2.05, 4.69) is 4.74 Å². The van der Waals surface area contributed by atoms with Crippen molar-refractivity contribution in [3.8, 4) is 17.2 Å². The minimum atomic E-state index is -4.98. The van der Waals surface area contributed by atoms with Crippen LogP contribution in [0.3, 0.4) is 0 Å². The van der Waals surface area contributed by atoms with Crippen molar-refractivity contribution in [3.63, 3.8) is 0 Å². The molecule has 0 atom stereocenters. The molecule has 6 nitrogen and oxygen atoms in total. The molecule has 152 valence electrons. The fourth-order valence-electron chi connectivity index (χ4n) is 2.59. The van der Waals surface area contributed by atoms with E-state index in [9.17, 15) is 22.8 Å². The second kappa shape index (κ2) is 7.86. The van der Waals surface area contributed by atoms with E-state index in [0.717, 1.165) is 0 Å². The first kappa shape index (κ1) is 20.2. The Morgan fingerprint density at radius 3 is 2.31 bits per heavy atom. The molecule has 9 heteroatoms. The molecule has 2 aromatic carbocycles. The van der Waals surface area contributed by atoms with E-state index in [0.29, 0.717) is 6.61 Å². The Hall–Kier alpha value is -3.49. The predicted molar refractivity (Wildman–Crippen MR) is 96.5 cm³/mol. The van der Waals surface area contributed by atoms with Crippen LogP contribution in [0.1, 0.15) is 23.0 Å². The molecule has 0 saturated carbocycles. The van der Waals surface area contributed by atoms with Crippen LogP contribution in [-0.2, 0) is 10.9 Å². The van der Waals surface area contributed by atoms with Crippen LogP contribution in [-0.4, -0.2) is 19.7 Å². The molecule has 0 aliphatic carbocycles. The second-order valence-corrected chi connectivity index (χ2v) is 5.80. The van der Waals surface area contributed by atoms with Gasteiger partial charge >= 0.3 is 12.1 Å². The lowest BCUT2D eigenvalue weighted by Gasteiger charge is -2.14. The SMILES string of the molecule is CCOc1ccc2c(=O)c(Oc3ccc(C(=O)OC)cc3)c(C(F)(F)F)oc2c1. The first-order valence-electron chi connectivity index (χ1n) is 8.41. The average Bonchev–Trinajstić information content (AvgIpc) is 2.69. The molecule has 0 aliphatic heterocycles. The third kappa shape index (κ3) is 4.18. The van der Waals surface area contributed by atoms with Gasteiger partial charge in [0.05, 0.1) is 24.7 Å². The average molecular weight is 408 g/mol. The molecule has 0 radical (unpaired) electrons. The second-order valence-electron chi connectivity index (χ2n) is 5.80. The van der Waals surface area contributed by atoms with Gasteiger partial charge in [-0.1, -0.05) is 0 Å². The van der Waals surface area contributed by atoms with Gasteiger partial charge in [-0.25, -0.2) is 4.79 Å². The maximum absolute atomic E-state index is 13.5. The van der Waals surface area contributed by atoms with E-state index in [1.54, 1.807) is 6.92 Å². The zero-order chi connectivity index (χ0) is 21.2. The third-order valence-corrected chi connectivity index (χ3v) is 3.89. The van der Waals surface area contributed by atoms with Crippen LogP contribution in [0.4, 0.5) is 13.2 Å². The molecule has 29 heavy (non-hydrogen) atoms. The number of carbonyl (C=O) groups is 1. The smallest absolute Gasteiger partial charge is 0.453 e. The van der Waals surface area contributed by atoms with Crippen LogP contribution >= 0.6 is 0 Å². The minimum absolute atomic E-state index is 0.0826. The summed E-state index contributed by atoms with van der Waals surface area (Å²) < 4.78 is 60.5. The van der Waals surface area contributed by atoms with Gasteiger partial charge in [0.15, 0.2) is 0 Å². The van der Waals surface area contributed by atoms with Gasteiger partial charge in [0.1, 0.15) is 17.1 Å². The number of fused-ring (bicyclic) bond motifs is 1. The summed E-state index contributed by atoms with van der Waals surface area (Å²) in [5, 5.41) is -0.0948. The Labute approximate surface area is 162 Å². The Bertz CT molecular complexity index is 1100. The molecule has 0 bridgehead atoms. The summed E-state index contributed by atoms with van der Waals surface area (Å²) >= 11 is 0. The van der Waals surface area contributed by atoms with E-state index < -0.39 is 29.1 Å². The molecule has 3 aromatic rings. The van der Waals surface area contributed by atoms with Crippen LogP contribution in [0.5, 0.6) is 17.2 Å². The van der Waals surface area contributed by atoms with Gasteiger partial charge in [-0.2, -0.15) is 13.2 Å². The molecule has 1 heterocycles. The molecule has 3 rings (SSSR count). The highest BCUT2D eigenvalue weighted by Gasteiger charge is 2.40. The van der Waals surface area contributed by atoms with Crippen molar-refractivity contribution in [1.29, 1.82) is 0 Å². The van der Waals surface area contributed by atoms with Gasteiger partial charge in [-0.15, -0.1) is 0 Å². The van der Waals surface area contributed by atoms with Crippen molar-refractivity contribution in [1.82, 2.24) is 0 Å². The normalized spacial score (nSPS) is 11.3. The van der Waals surface area contributed by atoms with Gasteiger partial charge < -0.3 is 18.6 Å². The summed E-state index contributed by atoms with van der Waals surface area (Å²) in [6.07, 6.45) is -4.98. The van der Waals surface area contributed by atoms with Crippen molar-refractivity contribution in [2.24, 2.45) is 0 Å². The van der Waals surface area contributed by atoms with E-state index in [1.165, 1.54) is 49.6 Å². The maximum Gasteiger partial charge on any atom is 0.453 e. The lowest BCUT2D eigenvalue weighted by Crippen LogP contribution is -2.15. The van der Waals surface area contributed by atoms with Crippen LogP contribution < -0.4 is 14.9 Å². The first-order chi connectivity index (χ1) is 13.7. The van der Waals surface area contributed by atoms with E-state index in [-0.39, 0.29) is 28.0 Å². The molecule has 0 fully saturated rings. The third-order valence-electron chi connectivity index (χ3n) is 3.89. The Balaban J connectivity index is 2.10. The summed E-state index contributed by atoms with van der Waals surface area (Å²) in [7, 11) is 1.19. The summed E-state index contributed by atoms with van der Waals surface area (Å²) in [5.41, 5.74) is -1.09. The van der Waals surface area contributed by atoms with Crippen molar-refractivity contribution in [2.45, 2.75) is 13.1 Å². The minimum Gasteiger partial charge on any atom is -0.494 e. The fraction of sp³-hybridized carbons (Fsp3) is 0.200. The lowest BCUT2D eigenvalue weighted by atomic mass is 10.2. The summed E-state index contributed by atoms with van der Waals surface area (Å²) in [5.74, 6) is -3.01. The number of methoxy groups -OCH3 is 1. The molecule has 0 N–H and O–H groups in total. The van der Waals surface area contributed by atoms with Crippen molar-refractivity contribution in [3.05, 3.63) is 64.0 Å². The number of halogens is 3. The zero-order valence-corrected chi connectivity index (χ0v) is 15.3. The summed E-state index contributed by atoms with van der Waals surface area (Å²) in [6.45, 7) is 2.01. The Morgan fingerprint density at radius 1 is 1.07 bits per heavy atom. The van der Waals surface area contributed by atoms with Crippen molar-refractivity contribution >= 4 is 16.9 Å². The molecular weight excluding hydrogens is 393 g/mol. The predicted octanol–water partition coefficient (Wildman–Crippen LogP) is 4.79. The largest absolute Gasteiger partial charge is 0.494 e. The number of alkyl halides is 3. The maximum atomic E-state index is 13.5. The highest BCUT2D eigenvalue weighted by atomic mass is 19.4. The molecule has 0 aliphatic rings. The summed E-state index contributed by atoms with van der Waals surface area (Å²) in [4.78, 5) is 24.1. The molecule has 1 aromatic heterocycles. The highest BCUT2D eigenvalue weighted by molar-refractivity contribution is 5.89. The Kier molecular flexibility index (Phi) is 5.49. The number of ether oxygens (including phenoxy) is 3. The van der Waals surface area contributed by atoms with Gasteiger partial charge in [-0.3, -0.25) is 4.79 Å². The number of hydrogen-bond donors (Lipinski definition) is 0. The number of benzene rings is 2. The fourth-order valence-corrected chi connectivity index (χ4v) is 2.59. The topological polar surface area (TPSA) is 75.0 Å². The monoisotopic (exact) mass is 408 g/mol. The molecule has 0 amide bonds. The van der Waals surface area contributed by atoms with E-state index in [4.69, 9.17) is 13.9 Å². The van der Waals surface area contributed by atoms with E-state index in [1.807, 2.05) is 0 Å².